The fourth-order valence-electron chi connectivity index (χ4n) is 3.80. The van der Waals surface area contributed by atoms with Gasteiger partial charge in [0.25, 0.3) is 0 Å². The molecular formula is C19H24N8O. The van der Waals surface area contributed by atoms with Gasteiger partial charge in [-0.05, 0) is 13.0 Å². The molecule has 0 atom stereocenters. The summed E-state index contributed by atoms with van der Waals surface area (Å²) in [5.41, 5.74) is 0.876. The first-order chi connectivity index (χ1) is 13.8. The lowest BCUT2D eigenvalue weighted by Gasteiger charge is -2.36. The third-order valence-electron chi connectivity index (χ3n) is 5.32. The largest absolute Gasteiger partial charge is 0.378 e. The van der Waals surface area contributed by atoms with Gasteiger partial charge in [-0.1, -0.05) is 0 Å². The molecule has 28 heavy (non-hydrogen) atoms. The summed E-state index contributed by atoms with van der Waals surface area (Å²) in [5.74, 6) is 3.82. The number of piperazine rings is 1. The molecule has 3 aromatic rings. The Kier molecular flexibility index (Phi) is 4.44. The highest BCUT2D eigenvalue weighted by atomic mass is 16.5. The Labute approximate surface area is 163 Å². The third kappa shape index (κ3) is 3.33. The SMILES string of the molecule is Cc1nc(N2CCOCC2)cc(N2CCN(c3ccn4nccc4n3)CC2)n1. The molecule has 0 spiro atoms. The lowest BCUT2D eigenvalue weighted by molar-refractivity contribution is 0.122. The molecule has 2 fully saturated rings. The van der Waals surface area contributed by atoms with Crippen LogP contribution in [0.15, 0.2) is 30.6 Å². The van der Waals surface area contributed by atoms with E-state index in [1.165, 1.54) is 0 Å². The summed E-state index contributed by atoms with van der Waals surface area (Å²) in [6.07, 6.45) is 3.74. The van der Waals surface area contributed by atoms with Crippen LogP contribution >= 0.6 is 0 Å². The molecule has 0 amide bonds. The van der Waals surface area contributed by atoms with Crippen molar-refractivity contribution in [1.82, 2.24) is 24.6 Å². The molecule has 0 N–H and O–H groups in total. The fourth-order valence-corrected chi connectivity index (χ4v) is 3.80. The number of hydrogen-bond donors (Lipinski definition) is 0. The van der Waals surface area contributed by atoms with E-state index in [9.17, 15) is 0 Å². The average Bonchev–Trinajstić information content (AvgIpc) is 3.22. The molecule has 2 aliphatic rings. The minimum atomic E-state index is 0.756. The molecule has 9 heteroatoms. The summed E-state index contributed by atoms with van der Waals surface area (Å²) in [7, 11) is 0. The number of ether oxygens (including phenoxy) is 1. The number of anilines is 3. The van der Waals surface area contributed by atoms with Crippen LogP contribution in [0, 0.1) is 6.92 Å². The maximum Gasteiger partial charge on any atom is 0.157 e. The second kappa shape index (κ2) is 7.23. The first-order valence-electron chi connectivity index (χ1n) is 9.75. The van der Waals surface area contributed by atoms with Gasteiger partial charge in [0.1, 0.15) is 23.3 Å². The number of aryl methyl sites for hydroxylation is 1. The molecule has 146 valence electrons. The maximum absolute atomic E-state index is 5.46. The maximum atomic E-state index is 5.46. The van der Waals surface area contributed by atoms with Crippen molar-refractivity contribution >= 4 is 23.1 Å². The van der Waals surface area contributed by atoms with E-state index in [2.05, 4.69) is 30.8 Å². The number of morpholine rings is 1. The molecule has 2 aliphatic heterocycles. The Balaban J connectivity index is 1.30. The van der Waals surface area contributed by atoms with Crippen LogP contribution in [-0.4, -0.2) is 77.0 Å². The van der Waals surface area contributed by atoms with Gasteiger partial charge in [-0.3, -0.25) is 0 Å². The monoisotopic (exact) mass is 380 g/mol. The number of rotatable bonds is 3. The zero-order valence-electron chi connectivity index (χ0n) is 16.0. The zero-order chi connectivity index (χ0) is 18.9. The molecule has 3 aromatic heterocycles. The van der Waals surface area contributed by atoms with Crippen LogP contribution in [0.3, 0.4) is 0 Å². The van der Waals surface area contributed by atoms with Crippen LogP contribution < -0.4 is 14.7 Å². The first-order valence-corrected chi connectivity index (χ1v) is 9.75. The van der Waals surface area contributed by atoms with Gasteiger partial charge in [0.15, 0.2) is 5.65 Å². The molecule has 0 aliphatic carbocycles. The van der Waals surface area contributed by atoms with E-state index in [-0.39, 0.29) is 0 Å². The summed E-state index contributed by atoms with van der Waals surface area (Å²) in [6.45, 7) is 8.88. The topological polar surface area (TPSA) is 74.9 Å². The normalized spacial score (nSPS) is 18.1. The zero-order valence-corrected chi connectivity index (χ0v) is 16.0. The van der Waals surface area contributed by atoms with E-state index in [1.54, 1.807) is 10.7 Å². The van der Waals surface area contributed by atoms with Crippen molar-refractivity contribution in [3.8, 4) is 0 Å². The van der Waals surface area contributed by atoms with Crippen molar-refractivity contribution in [2.75, 3.05) is 67.2 Å². The lowest BCUT2D eigenvalue weighted by Crippen LogP contribution is -2.47. The molecule has 0 radical (unpaired) electrons. The van der Waals surface area contributed by atoms with E-state index in [0.29, 0.717) is 0 Å². The second-order valence-electron chi connectivity index (χ2n) is 7.12. The van der Waals surface area contributed by atoms with Crippen LogP contribution in [0.25, 0.3) is 5.65 Å². The van der Waals surface area contributed by atoms with Gasteiger partial charge in [-0.15, -0.1) is 0 Å². The standard InChI is InChI=1S/C19H24N8O/c1-15-21-18(14-19(22-15)26-10-12-28-13-11-26)25-8-6-24(7-9-25)16-3-5-27-17(23-16)2-4-20-27/h2-5,14H,6-13H2,1H3. The van der Waals surface area contributed by atoms with Crippen LogP contribution in [0.2, 0.25) is 0 Å². The summed E-state index contributed by atoms with van der Waals surface area (Å²) >= 11 is 0. The van der Waals surface area contributed by atoms with Crippen LogP contribution in [0.5, 0.6) is 0 Å². The van der Waals surface area contributed by atoms with E-state index in [4.69, 9.17) is 14.7 Å². The van der Waals surface area contributed by atoms with Gasteiger partial charge in [-0.25, -0.2) is 19.5 Å². The van der Waals surface area contributed by atoms with Gasteiger partial charge in [-0.2, -0.15) is 5.10 Å². The highest BCUT2D eigenvalue weighted by Gasteiger charge is 2.21. The van der Waals surface area contributed by atoms with Gasteiger partial charge < -0.3 is 19.4 Å². The Hall–Kier alpha value is -2.94. The van der Waals surface area contributed by atoms with Crippen molar-refractivity contribution < 1.29 is 4.74 Å². The van der Waals surface area contributed by atoms with Crippen molar-refractivity contribution in [3.63, 3.8) is 0 Å². The Morgan fingerprint density at radius 2 is 1.43 bits per heavy atom. The molecule has 5 rings (SSSR count). The number of hydrogen-bond acceptors (Lipinski definition) is 8. The molecule has 0 bridgehead atoms. The van der Waals surface area contributed by atoms with E-state index >= 15 is 0 Å². The van der Waals surface area contributed by atoms with E-state index < -0.39 is 0 Å². The summed E-state index contributed by atoms with van der Waals surface area (Å²) in [5, 5.41) is 4.21. The Bertz CT molecular complexity index is 959. The Morgan fingerprint density at radius 1 is 0.786 bits per heavy atom. The van der Waals surface area contributed by atoms with Crippen LogP contribution in [0.4, 0.5) is 17.5 Å². The minimum absolute atomic E-state index is 0.756. The number of fused-ring (bicyclic) bond motifs is 1. The van der Waals surface area contributed by atoms with Crippen molar-refractivity contribution in [2.45, 2.75) is 6.92 Å². The van der Waals surface area contributed by atoms with Gasteiger partial charge in [0.05, 0.1) is 19.4 Å². The smallest absolute Gasteiger partial charge is 0.157 e. The fraction of sp³-hybridized carbons (Fsp3) is 0.474. The highest BCUT2D eigenvalue weighted by Crippen LogP contribution is 2.22. The third-order valence-corrected chi connectivity index (χ3v) is 5.32. The van der Waals surface area contributed by atoms with Crippen molar-refractivity contribution in [1.29, 1.82) is 0 Å². The second-order valence-corrected chi connectivity index (χ2v) is 7.12. The van der Waals surface area contributed by atoms with Crippen molar-refractivity contribution in [3.05, 3.63) is 36.4 Å². The average molecular weight is 380 g/mol. The van der Waals surface area contributed by atoms with Crippen LogP contribution in [0.1, 0.15) is 5.82 Å². The summed E-state index contributed by atoms with van der Waals surface area (Å²) in [6, 6.07) is 6.07. The predicted octanol–water partition coefficient (Wildman–Crippen LogP) is 0.991. The quantitative estimate of drug-likeness (QED) is 0.666. The molecule has 0 saturated carbocycles. The number of nitrogens with zero attached hydrogens (tertiary/aromatic N) is 8. The summed E-state index contributed by atoms with van der Waals surface area (Å²) < 4.78 is 7.25. The van der Waals surface area contributed by atoms with Crippen molar-refractivity contribution in [2.24, 2.45) is 0 Å². The van der Waals surface area contributed by atoms with Gasteiger partial charge >= 0.3 is 0 Å². The van der Waals surface area contributed by atoms with E-state index in [1.807, 2.05) is 25.3 Å². The minimum Gasteiger partial charge on any atom is -0.378 e. The first kappa shape index (κ1) is 17.2. The molecule has 0 aromatic carbocycles. The Morgan fingerprint density at radius 3 is 2.14 bits per heavy atom. The van der Waals surface area contributed by atoms with Gasteiger partial charge in [0.2, 0.25) is 0 Å². The number of aromatic nitrogens is 5. The predicted molar refractivity (Wildman–Crippen MR) is 107 cm³/mol. The van der Waals surface area contributed by atoms with E-state index in [0.717, 1.165) is 81.4 Å². The molecule has 2 saturated heterocycles. The summed E-state index contributed by atoms with van der Waals surface area (Å²) in [4.78, 5) is 21.0. The highest BCUT2D eigenvalue weighted by molar-refractivity contribution is 5.53. The van der Waals surface area contributed by atoms with Gasteiger partial charge in [0, 0.05) is 57.6 Å². The molecule has 5 heterocycles. The van der Waals surface area contributed by atoms with Crippen LogP contribution in [-0.2, 0) is 4.74 Å². The lowest BCUT2D eigenvalue weighted by atomic mass is 10.3. The molecule has 9 nitrogen and oxygen atoms in total. The molecule has 0 unspecified atom stereocenters. The molecular weight excluding hydrogens is 356 g/mol.